The maximum Gasteiger partial charge on any atom is 0.133 e. The van der Waals surface area contributed by atoms with E-state index in [1.807, 2.05) is 0 Å². The number of carbonyl (C=O) groups is 2. The third-order valence-corrected chi connectivity index (χ3v) is 8.80. The molecule has 4 aliphatic carbocycles. The zero-order valence-corrected chi connectivity index (χ0v) is 15.6. The van der Waals surface area contributed by atoms with Crippen LogP contribution in [0.4, 0.5) is 0 Å². The Morgan fingerprint density at radius 2 is 1.88 bits per heavy atom. The fraction of sp³-hybridized carbons (Fsp3) is 0.818. The van der Waals surface area contributed by atoms with Crippen molar-refractivity contribution in [3.8, 4) is 0 Å². The van der Waals surface area contributed by atoms with E-state index in [-0.39, 0.29) is 16.7 Å². The minimum atomic E-state index is 0.137. The van der Waals surface area contributed by atoms with Crippen molar-refractivity contribution >= 4 is 11.6 Å². The Morgan fingerprint density at radius 3 is 2.58 bits per heavy atom. The number of rotatable bonds is 1. The molecule has 0 spiro atoms. The van der Waals surface area contributed by atoms with E-state index in [1.54, 1.807) is 6.92 Å². The van der Waals surface area contributed by atoms with E-state index >= 15 is 0 Å². The van der Waals surface area contributed by atoms with Crippen molar-refractivity contribution in [3.05, 3.63) is 12.2 Å². The molecule has 0 unspecified atom stereocenters. The third kappa shape index (κ3) is 2.07. The van der Waals surface area contributed by atoms with Gasteiger partial charge >= 0.3 is 0 Å². The summed E-state index contributed by atoms with van der Waals surface area (Å²) in [6, 6.07) is 0. The maximum absolute atomic E-state index is 12.2. The molecule has 0 heterocycles. The normalized spacial score (nSPS) is 50.9. The van der Waals surface area contributed by atoms with E-state index in [0.717, 1.165) is 32.1 Å². The molecular weight excluding hydrogens is 296 g/mol. The van der Waals surface area contributed by atoms with Crippen LogP contribution in [0.5, 0.6) is 0 Å². The Hall–Kier alpha value is -0.920. The first-order valence-corrected chi connectivity index (χ1v) is 9.97. The van der Waals surface area contributed by atoms with Crippen molar-refractivity contribution in [2.45, 2.75) is 72.1 Å². The predicted octanol–water partition coefficient (Wildman–Crippen LogP) is 4.97. The molecule has 132 valence electrons. The first-order valence-electron chi connectivity index (χ1n) is 9.97. The summed E-state index contributed by atoms with van der Waals surface area (Å²) in [5.74, 6) is 3.60. The number of hydrogen-bond donors (Lipinski definition) is 0. The highest BCUT2D eigenvalue weighted by Gasteiger charge is 2.61. The highest BCUT2D eigenvalue weighted by Crippen LogP contribution is 2.68. The summed E-state index contributed by atoms with van der Waals surface area (Å²) in [5.41, 5.74) is 1.80. The molecule has 0 aromatic carbocycles. The monoisotopic (exact) mass is 328 g/mol. The summed E-state index contributed by atoms with van der Waals surface area (Å²) in [5, 5.41) is 0. The summed E-state index contributed by atoms with van der Waals surface area (Å²) in [4.78, 5) is 24.2. The van der Waals surface area contributed by atoms with Crippen LogP contribution >= 0.6 is 0 Å². The molecule has 4 fully saturated rings. The van der Waals surface area contributed by atoms with E-state index in [0.29, 0.717) is 35.2 Å². The summed E-state index contributed by atoms with van der Waals surface area (Å²) < 4.78 is 0. The second-order valence-corrected chi connectivity index (χ2v) is 9.85. The molecule has 4 rings (SSSR count). The van der Waals surface area contributed by atoms with Gasteiger partial charge in [-0.1, -0.05) is 26.0 Å². The summed E-state index contributed by atoms with van der Waals surface area (Å²) in [6.45, 7) is 11.2. The SMILES string of the molecule is C=C1C[C@]2(C)[C@@H](C(C)=O)CC[C@H]2[C@@H]2CC[C@H]3CC(=O)CC[C@]3(C)[C@@H]12. The molecule has 24 heavy (non-hydrogen) atoms. The lowest BCUT2D eigenvalue weighted by Crippen LogP contribution is -2.54. The van der Waals surface area contributed by atoms with Gasteiger partial charge in [-0.2, -0.15) is 0 Å². The molecule has 0 aliphatic heterocycles. The Kier molecular flexibility index (Phi) is 3.64. The molecule has 0 bridgehead atoms. The standard InChI is InChI=1S/C22H32O2/c1-13-12-22(4)18(14(2)23)7-8-19(22)17-6-5-15-11-16(24)9-10-21(15,3)20(13)17/h15,17-20H,1,5-12H2,2-4H3/t15-,17-,18+,19-,20-,21-,22+/m0/s1. The van der Waals surface area contributed by atoms with E-state index in [2.05, 4.69) is 20.4 Å². The lowest BCUT2D eigenvalue weighted by molar-refractivity contribution is -0.136. The van der Waals surface area contributed by atoms with E-state index in [9.17, 15) is 9.59 Å². The first-order chi connectivity index (χ1) is 11.3. The van der Waals surface area contributed by atoms with Gasteiger partial charge in [0.15, 0.2) is 0 Å². The van der Waals surface area contributed by atoms with Gasteiger partial charge in [-0.3, -0.25) is 9.59 Å². The van der Waals surface area contributed by atoms with Gasteiger partial charge in [0.05, 0.1) is 0 Å². The third-order valence-electron chi connectivity index (χ3n) is 8.80. The van der Waals surface area contributed by atoms with Gasteiger partial charge in [-0.15, -0.1) is 0 Å². The number of Topliss-reactive ketones (excluding diaryl/α,β-unsaturated/α-hetero) is 2. The van der Waals surface area contributed by atoms with Gasteiger partial charge in [-0.05, 0) is 80.0 Å². The zero-order valence-electron chi connectivity index (χ0n) is 15.6. The average molecular weight is 328 g/mol. The predicted molar refractivity (Wildman–Crippen MR) is 95.4 cm³/mol. The topological polar surface area (TPSA) is 34.1 Å². The van der Waals surface area contributed by atoms with Crippen molar-refractivity contribution in [3.63, 3.8) is 0 Å². The second kappa shape index (κ2) is 5.29. The second-order valence-electron chi connectivity index (χ2n) is 9.85. The lowest BCUT2D eigenvalue weighted by atomic mass is 9.43. The molecule has 0 amide bonds. The van der Waals surface area contributed by atoms with Crippen LogP contribution in [-0.4, -0.2) is 11.6 Å². The highest BCUT2D eigenvalue weighted by molar-refractivity contribution is 5.80. The van der Waals surface area contributed by atoms with Crippen LogP contribution in [0.3, 0.4) is 0 Å². The van der Waals surface area contributed by atoms with Crippen molar-refractivity contribution in [1.82, 2.24) is 0 Å². The number of carbonyl (C=O) groups excluding carboxylic acids is 2. The largest absolute Gasteiger partial charge is 0.300 e. The van der Waals surface area contributed by atoms with Gasteiger partial charge in [0.2, 0.25) is 0 Å². The van der Waals surface area contributed by atoms with Gasteiger partial charge in [-0.25, -0.2) is 0 Å². The number of allylic oxidation sites excluding steroid dienone is 1. The maximum atomic E-state index is 12.2. The number of ketones is 2. The Bertz CT molecular complexity index is 605. The molecule has 0 aromatic rings. The summed E-state index contributed by atoms with van der Waals surface area (Å²) in [6.07, 6.45) is 8.37. The molecule has 0 aromatic heterocycles. The smallest absolute Gasteiger partial charge is 0.133 e. The number of fused-ring (bicyclic) bond motifs is 5. The van der Waals surface area contributed by atoms with E-state index < -0.39 is 0 Å². The van der Waals surface area contributed by atoms with Crippen LogP contribution in [0.15, 0.2) is 12.2 Å². The molecule has 7 atom stereocenters. The summed E-state index contributed by atoms with van der Waals surface area (Å²) in [7, 11) is 0. The average Bonchev–Trinajstić information content (AvgIpc) is 2.84. The zero-order chi connectivity index (χ0) is 17.3. The lowest BCUT2D eigenvalue weighted by Gasteiger charge is -2.61. The highest BCUT2D eigenvalue weighted by atomic mass is 16.1. The molecule has 4 saturated carbocycles. The Labute approximate surface area is 146 Å². The molecule has 2 heteroatoms. The summed E-state index contributed by atoms with van der Waals surface area (Å²) >= 11 is 0. The van der Waals surface area contributed by atoms with Gasteiger partial charge < -0.3 is 0 Å². The van der Waals surface area contributed by atoms with E-state index in [1.165, 1.54) is 24.8 Å². The molecule has 2 nitrogen and oxygen atoms in total. The van der Waals surface area contributed by atoms with Crippen molar-refractivity contribution in [2.24, 2.45) is 40.4 Å². The number of hydrogen-bond acceptors (Lipinski definition) is 2. The van der Waals surface area contributed by atoms with Crippen LogP contribution in [0.2, 0.25) is 0 Å². The van der Waals surface area contributed by atoms with Crippen LogP contribution in [-0.2, 0) is 9.59 Å². The minimum Gasteiger partial charge on any atom is -0.300 e. The molecule has 0 radical (unpaired) electrons. The fourth-order valence-electron chi connectivity index (χ4n) is 7.80. The molecule has 0 N–H and O–H groups in total. The van der Waals surface area contributed by atoms with Crippen LogP contribution in [0.25, 0.3) is 0 Å². The molecular formula is C22H32O2. The minimum absolute atomic E-state index is 0.137. The van der Waals surface area contributed by atoms with Crippen LogP contribution < -0.4 is 0 Å². The van der Waals surface area contributed by atoms with Crippen molar-refractivity contribution < 1.29 is 9.59 Å². The van der Waals surface area contributed by atoms with Gasteiger partial charge in [0.1, 0.15) is 11.6 Å². The van der Waals surface area contributed by atoms with Crippen LogP contribution in [0, 0.1) is 40.4 Å². The van der Waals surface area contributed by atoms with Crippen LogP contribution in [0.1, 0.15) is 72.1 Å². The molecule has 0 saturated heterocycles. The molecule has 4 aliphatic rings. The van der Waals surface area contributed by atoms with Crippen molar-refractivity contribution in [1.29, 1.82) is 0 Å². The van der Waals surface area contributed by atoms with E-state index in [4.69, 9.17) is 0 Å². The quantitative estimate of drug-likeness (QED) is 0.637. The van der Waals surface area contributed by atoms with Crippen molar-refractivity contribution in [2.75, 3.05) is 0 Å². The first kappa shape index (κ1) is 16.5. The van der Waals surface area contributed by atoms with Gasteiger partial charge in [0.25, 0.3) is 0 Å². The fourth-order valence-corrected chi connectivity index (χ4v) is 7.80. The Balaban J connectivity index is 1.69. The Morgan fingerprint density at radius 1 is 1.12 bits per heavy atom. The van der Waals surface area contributed by atoms with Gasteiger partial charge in [0, 0.05) is 18.8 Å².